The molecule has 1 aliphatic rings. The summed E-state index contributed by atoms with van der Waals surface area (Å²) in [5.41, 5.74) is 8.38. The van der Waals surface area contributed by atoms with Gasteiger partial charge in [0.05, 0.1) is 6.61 Å². The Balaban J connectivity index is 3.36. The second-order valence-electron chi connectivity index (χ2n) is 10.9. The molecule has 0 aromatic carbocycles. The van der Waals surface area contributed by atoms with Gasteiger partial charge in [-0.25, -0.2) is 9.59 Å². The lowest BCUT2D eigenvalue weighted by Crippen LogP contribution is -2.53. The zero-order valence-corrected chi connectivity index (χ0v) is 29.2. The number of aliphatic carboxylic acids is 4. The molecule has 0 aliphatic carbocycles. The third-order valence-corrected chi connectivity index (χ3v) is 9.65. The number of carbonyl (C=O) groups is 11. The minimum absolute atomic E-state index is 0.286. The van der Waals surface area contributed by atoms with Gasteiger partial charge in [-0.2, -0.15) is 11.8 Å². The summed E-state index contributed by atoms with van der Waals surface area (Å²) >= 11 is 1.09. The van der Waals surface area contributed by atoms with Crippen LogP contribution in [-0.4, -0.2) is 151 Å². The van der Waals surface area contributed by atoms with Gasteiger partial charge in [0, 0.05) is 30.1 Å². The van der Waals surface area contributed by atoms with Crippen LogP contribution in [0.5, 0.6) is 0 Å². The summed E-state index contributed by atoms with van der Waals surface area (Å²) < 4.78 is 10.3. The van der Waals surface area contributed by atoms with Crippen LogP contribution in [0.15, 0.2) is 0 Å². The van der Waals surface area contributed by atoms with Crippen LogP contribution in [0.3, 0.4) is 0 Å². The van der Waals surface area contributed by atoms with Crippen LogP contribution in [0.2, 0.25) is 0 Å². The predicted molar refractivity (Wildman–Crippen MR) is 175 cm³/mol. The van der Waals surface area contributed by atoms with E-state index in [1.165, 1.54) is 6.92 Å². The summed E-state index contributed by atoms with van der Waals surface area (Å²) in [4.78, 5) is 134. The molecule has 1 heterocycles. The average Bonchev–Trinajstić information content (AvgIpc) is 3.32. The average molecular weight is 782 g/mol. The van der Waals surface area contributed by atoms with Gasteiger partial charge in [-0.3, -0.25) is 43.2 Å². The van der Waals surface area contributed by atoms with Crippen molar-refractivity contribution in [3.63, 3.8) is 0 Å². The Labute approximate surface area is 302 Å². The number of ether oxygens (including phenoxy) is 2. The summed E-state index contributed by atoms with van der Waals surface area (Å²) in [6.07, 6.45) is -1.75. The molecule has 290 valence electrons. The van der Waals surface area contributed by atoms with Crippen molar-refractivity contribution < 1.29 is 82.6 Å². The van der Waals surface area contributed by atoms with Crippen molar-refractivity contribution in [2.45, 2.75) is 61.6 Å². The second-order valence-corrected chi connectivity index (χ2v) is 13.1. The van der Waals surface area contributed by atoms with Crippen molar-refractivity contribution in [1.29, 1.82) is 0 Å². The Kier molecular flexibility index (Phi) is 18.7. The Bertz CT molecular complexity index is 1430. The van der Waals surface area contributed by atoms with Gasteiger partial charge in [-0.15, -0.1) is 11.8 Å². The highest BCUT2D eigenvalue weighted by molar-refractivity contribution is 8.01. The first kappa shape index (κ1) is 45.2. The molecule has 0 radical (unpaired) electrons. The quantitative estimate of drug-likeness (QED) is 0.0240. The maximum Gasteiger partial charge on any atom is 0.377 e. The number of esters is 2. The third-order valence-electron chi connectivity index (χ3n) is 6.99. The molecule has 11 N–H and O–H groups in total. The summed E-state index contributed by atoms with van der Waals surface area (Å²) in [7, 11) is 0. The highest BCUT2D eigenvalue weighted by Gasteiger charge is 2.62. The zero-order valence-electron chi connectivity index (χ0n) is 27.5. The number of amides is 3. The maximum absolute atomic E-state index is 13.3. The van der Waals surface area contributed by atoms with E-state index in [-0.39, 0.29) is 19.4 Å². The molecule has 24 heteroatoms. The smallest absolute Gasteiger partial charge is 0.377 e. The van der Waals surface area contributed by atoms with E-state index in [0.29, 0.717) is 23.5 Å². The monoisotopic (exact) mass is 781 g/mol. The largest absolute Gasteiger partial charge is 0.480 e. The van der Waals surface area contributed by atoms with Gasteiger partial charge in [0.15, 0.2) is 0 Å². The van der Waals surface area contributed by atoms with E-state index in [2.05, 4.69) is 5.32 Å². The lowest BCUT2D eigenvalue weighted by molar-refractivity contribution is -0.171. The van der Waals surface area contributed by atoms with E-state index in [4.69, 9.17) is 41.4 Å². The molecular formula is C28H39N5O17S2. The lowest BCUT2D eigenvalue weighted by atomic mass is 9.99. The van der Waals surface area contributed by atoms with Crippen molar-refractivity contribution >= 4 is 88.6 Å². The van der Waals surface area contributed by atoms with Crippen molar-refractivity contribution in [1.82, 2.24) is 16.0 Å². The van der Waals surface area contributed by atoms with E-state index in [0.717, 1.165) is 0 Å². The molecule has 0 bridgehead atoms. The number of rotatable bonds is 25. The fourth-order valence-corrected chi connectivity index (χ4v) is 7.03. The Morgan fingerprint density at radius 1 is 0.846 bits per heavy atom. The van der Waals surface area contributed by atoms with Crippen LogP contribution in [0.25, 0.3) is 0 Å². The number of carbonyl (C=O) groups excluding carboxylic acids is 7. The van der Waals surface area contributed by atoms with Gasteiger partial charge in [0.1, 0.15) is 48.2 Å². The molecule has 0 aromatic rings. The van der Waals surface area contributed by atoms with Crippen LogP contribution in [0, 0.1) is 5.92 Å². The number of hydrogen-bond donors (Lipinski definition) is 9. The highest BCUT2D eigenvalue weighted by atomic mass is 32.2. The molecule has 3 amide bonds. The summed E-state index contributed by atoms with van der Waals surface area (Å²) in [6, 6.07) is -4.51. The van der Waals surface area contributed by atoms with Gasteiger partial charge >= 0.3 is 35.8 Å². The highest BCUT2D eigenvalue weighted by Crippen LogP contribution is 2.39. The third kappa shape index (κ3) is 14.1. The molecule has 1 rings (SSSR count). The van der Waals surface area contributed by atoms with Crippen molar-refractivity contribution in [2.24, 2.45) is 17.4 Å². The van der Waals surface area contributed by atoms with Crippen molar-refractivity contribution in [3.05, 3.63) is 0 Å². The number of cyclic esters (lactones) is 1. The van der Waals surface area contributed by atoms with Crippen LogP contribution < -0.4 is 27.4 Å². The first-order valence-corrected chi connectivity index (χ1v) is 17.4. The lowest BCUT2D eigenvalue weighted by Gasteiger charge is -2.30. The molecule has 1 saturated heterocycles. The van der Waals surface area contributed by atoms with E-state index < -0.39 is 143 Å². The number of hydrogen-bond acceptors (Lipinski definition) is 17. The number of nitrogens with two attached hydrogens (primary N) is 2. The molecular weight excluding hydrogens is 742 g/mol. The summed E-state index contributed by atoms with van der Waals surface area (Å²) in [5, 5.41) is 40.4. The first-order chi connectivity index (χ1) is 24.3. The van der Waals surface area contributed by atoms with Gasteiger partial charge in [0.2, 0.25) is 23.3 Å². The molecule has 1 aliphatic heterocycles. The number of thioether (sulfide) groups is 2. The number of carboxylic acid groups (broad SMARTS) is 4. The standard InChI is InChI=1S/C28H39N5O17S2/c1-2-49-27(48)28(11-51-9-12(22(41)31-7-18(36)37)16(34)5-3-13(29)24(43)44)21(20(40)26(47)50-28)52-10-15(23(42)32-8-19(38)39)33-17(35)6-4-14(30)25(45)46/h12-15,21H,2-11,29-30H2,1H3,(H,31,41)(H,32,42)(H,33,35)(H,36,37)(H,38,39)(H,43,44)(H,45,46). The number of ketones is 2. The van der Waals surface area contributed by atoms with Crippen LogP contribution >= 0.6 is 23.5 Å². The minimum atomic E-state index is -2.45. The molecule has 0 spiro atoms. The van der Waals surface area contributed by atoms with E-state index in [1.54, 1.807) is 0 Å². The topological polar surface area (TPSA) is 375 Å². The van der Waals surface area contributed by atoms with Crippen molar-refractivity contribution in [2.75, 3.05) is 37.0 Å². The number of carboxylic acids is 4. The Morgan fingerprint density at radius 2 is 1.38 bits per heavy atom. The van der Waals surface area contributed by atoms with E-state index in [1.807, 2.05) is 10.6 Å². The normalized spacial score (nSPS) is 18.9. The fraction of sp³-hybridized carbons (Fsp3) is 0.607. The fourth-order valence-electron chi connectivity index (χ4n) is 4.23. The molecule has 0 saturated carbocycles. The molecule has 0 aromatic heterocycles. The maximum atomic E-state index is 13.3. The van der Waals surface area contributed by atoms with Crippen LogP contribution in [0.1, 0.15) is 32.6 Å². The second kappa shape index (κ2) is 21.5. The Morgan fingerprint density at radius 3 is 1.90 bits per heavy atom. The van der Waals surface area contributed by atoms with Gasteiger partial charge in [0.25, 0.3) is 5.78 Å². The van der Waals surface area contributed by atoms with Gasteiger partial charge in [-0.1, -0.05) is 0 Å². The number of nitrogens with one attached hydrogen (secondary N) is 3. The molecule has 6 unspecified atom stereocenters. The number of Topliss-reactive ketones (excluding diaryl/α,β-unsaturated/α-hetero) is 2. The van der Waals surface area contributed by atoms with E-state index >= 15 is 0 Å². The van der Waals surface area contributed by atoms with Crippen LogP contribution in [-0.2, 0) is 62.2 Å². The summed E-state index contributed by atoms with van der Waals surface area (Å²) in [5.74, 6) is -17.0. The van der Waals surface area contributed by atoms with Crippen molar-refractivity contribution in [3.8, 4) is 0 Å². The molecule has 52 heavy (non-hydrogen) atoms. The summed E-state index contributed by atoms with van der Waals surface area (Å²) in [6.45, 7) is -0.679. The van der Waals surface area contributed by atoms with E-state index in [9.17, 15) is 52.7 Å². The predicted octanol–water partition coefficient (Wildman–Crippen LogP) is -4.29. The SMILES string of the molecule is CCOC(=O)C1(CSCC(C(=O)CCC(N)C(=O)O)C(=O)NCC(=O)O)OC(=O)C(=O)C1SCC(NC(=O)CCC(N)C(=O)O)C(=O)NCC(=O)O. The van der Waals surface area contributed by atoms with Crippen LogP contribution in [0.4, 0.5) is 0 Å². The van der Waals surface area contributed by atoms with Gasteiger partial charge in [-0.05, 0) is 19.8 Å². The first-order valence-electron chi connectivity index (χ1n) is 15.2. The van der Waals surface area contributed by atoms with Gasteiger partial charge < -0.3 is 57.3 Å². The molecule has 1 fully saturated rings. The minimum Gasteiger partial charge on any atom is -0.480 e. The molecule has 6 atom stereocenters. The molecule has 22 nitrogen and oxygen atoms in total. The zero-order chi connectivity index (χ0) is 39.8. The Hall–Kier alpha value is -4.81.